The van der Waals surface area contributed by atoms with E-state index in [9.17, 15) is 25.5 Å². The van der Waals surface area contributed by atoms with Crippen molar-refractivity contribution in [3.8, 4) is 0 Å². The zero-order valence-corrected chi connectivity index (χ0v) is 15.1. The normalized spacial score (nSPS) is 18.1. The fourth-order valence-electron chi connectivity index (χ4n) is 2.78. The van der Waals surface area contributed by atoms with Crippen LogP contribution in [0.25, 0.3) is 0 Å². The van der Waals surface area contributed by atoms with Crippen molar-refractivity contribution in [3.63, 3.8) is 0 Å². The summed E-state index contributed by atoms with van der Waals surface area (Å²) >= 11 is 0. The van der Waals surface area contributed by atoms with E-state index in [0.717, 1.165) is 19.3 Å². The Morgan fingerprint density at radius 2 is 0.958 bits per heavy atom. The zero-order chi connectivity index (χ0) is 18.4. The second kappa shape index (κ2) is 15.0. The molecule has 0 amide bonds. The van der Waals surface area contributed by atoms with Crippen LogP contribution in [-0.4, -0.2) is 67.8 Å². The summed E-state index contributed by atoms with van der Waals surface area (Å²) in [6, 6.07) is 0. The molecule has 0 aromatic heterocycles. The van der Waals surface area contributed by atoms with Gasteiger partial charge in [-0.15, -0.1) is 0 Å². The van der Waals surface area contributed by atoms with Crippen LogP contribution < -0.4 is 0 Å². The number of aliphatic hydroxyl groups excluding tert-OH is 6. The summed E-state index contributed by atoms with van der Waals surface area (Å²) in [7, 11) is 0. The van der Waals surface area contributed by atoms with Crippen LogP contribution in [0.3, 0.4) is 0 Å². The van der Waals surface area contributed by atoms with Crippen molar-refractivity contribution in [2.45, 2.75) is 108 Å². The van der Waals surface area contributed by atoms with E-state index < -0.39 is 37.1 Å². The number of unbranched alkanes of at least 4 members (excludes halogenated alkanes) is 9. The Balaban J connectivity index is 3.68. The van der Waals surface area contributed by atoms with Gasteiger partial charge in [0.15, 0.2) is 0 Å². The minimum absolute atomic E-state index is 0.330. The maximum Gasteiger partial charge on any atom is 0.111 e. The number of hydrogen-bond acceptors (Lipinski definition) is 6. The molecule has 0 spiro atoms. The minimum atomic E-state index is -1.69. The molecule has 146 valence electrons. The lowest BCUT2D eigenvalue weighted by molar-refractivity contribution is -0.141. The van der Waals surface area contributed by atoms with Crippen molar-refractivity contribution in [2.24, 2.45) is 0 Å². The van der Waals surface area contributed by atoms with Crippen molar-refractivity contribution in [1.29, 1.82) is 0 Å². The quantitative estimate of drug-likeness (QED) is 0.232. The lowest BCUT2D eigenvalue weighted by Gasteiger charge is -2.28. The van der Waals surface area contributed by atoms with Gasteiger partial charge in [-0.25, -0.2) is 0 Å². The predicted octanol–water partition coefficient (Wildman–Crippen LogP) is 1.09. The highest BCUT2D eigenvalue weighted by atomic mass is 16.4. The zero-order valence-electron chi connectivity index (χ0n) is 15.1. The lowest BCUT2D eigenvalue weighted by Crippen LogP contribution is -2.49. The smallest absolute Gasteiger partial charge is 0.111 e. The van der Waals surface area contributed by atoms with Gasteiger partial charge in [0.2, 0.25) is 0 Å². The second-order valence-corrected chi connectivity index (χ2v) is 6.76. The molecule has 6 heteroatoms. The van der Waals surface area contributed by atoms with E-state index in [4.69, 9.17) is 5.11 Å². The van der Waals surface area contributed by atoms with Crippen molar-refractivity contribution in [1.82, 2.24) is 0 Å². The molecule has 0 rings (SSSR count). The Bertz CT molecular complexity index is 276. The first-order valence-electron chi connectivity index (χ1n) is 9.46. The Kier molecular flexibility index (Phi) is 14.9. The average Bonchev–Trinajstić information content (AvgIpc) is 2.60. The van der Waals surface area contributed by atoms with Gasteiger partial charge in [-0.2, -0.15) is 0 Å². The Morgan fingerprint density at radius 3 is 1.42 bits per heavy atom. The molecule has 0 aromatic carbocycles. The molecule has 0 aliphatic carbocycles. The summed E-state index contributed by atoms with van der Waals surface area (Å²) in [5, 5.41) is 56.8. The maximum absolute atomic E-state index is 9.85. The molecule has 6 nitrogen and oxygen atoms in total. The molecule has 0 saturated carbocycles. The molecule has 1 unspecified atom stereocenters. The molecule has 6 N–H and O–H groups in total. The van der Waals surface area contributed by atoms with Crippen LogP contribution in [0.2, 0.25) is 0 Å². The standard InChI is InChI=1S/C18H38O6/c1-2-3-4-5-6-7-8-9-10-11-12-14(20)16(22)18(24)17(23)15(21)13-19/h14-24H,2-13H2,1H3/t14?,15-,16+,17-,18-/m1/s1. The van der Waals surface area contributed by atoms with Gasteiger partial charge in [0, 0.05) is 0 Å². The van der Waals surface area contributed by atoms with Crippen molar-refractivity contribution in [2.75, 3.05) is 6.61 Å². The summed E-state index contributed by atoms with van der Waals surface area (Å²) in [6.45, 7) is 1.49. The molecule has 0 aromatic rings. The number of hydrogen-bond donors (Lipinski definition) is 6. The second-order valence-electron chi connectivity index (χ2n) is 6.76. The van der Waals surface area contributed by atoms with Gasteiger partial charge in [-0.3, -0.25) is 0 Å². The van der Waals surface area contributed by atoms with Crippen LogP contribution in [-0.2, 0) is 0 Å². The SMILES string of the molecule is CCCCCCCCCCCCC(O)[C@H](O)[C@@H](O)[C@H](O)[C@H](O)CO. The van der Waals surface area contributed by atoms with Gasteiger partial charge < -0.3 is 30.6 Å². The third-order valence-corrected chi connectivity index (χ3v) is 4.53. The first kappa shape index (κ1) is 23.8. The Morgan fingerprint density at radius 1 is 0.542 bits per heavy atom. The summed E-state index contributed by atoms with van der Waals surface area (Å²) < 4.78 is 0. The summed E-state index contributed by atoms with van der Waals surface area (Å²) in [4.78, 5) is 0. The third kappa shape index (κ3) is 10.6. The third-order valence-electron chi connectivity index (χ3n) is 4.53. The van der Waals surface area contributed by atoms with Crippen LogP contribution in [0.1, 0.15) is 77.6 Å². The summed E-state index contributed by atoms with van der Waals surface area (Å²) in [6.07, 6.45) is 4.38. The van der Waals surface area contributed by atoms with E-state index in [1.807, 2.05) is 0 Å². The largest absolute Gasteiger partial charge is 0.394 e. The number of aliphatic hydroxyl groups is 6. The molecular weight excluding hydrogens is 312 g/mol. The molecule has 0 bridgehead atoms. The van der Waals surface area contributed by atoms with E-state index in [1.165, 1.54) is 44.9 Å². The minimum Gasteiger partial charge on any atom is -0.394 e. The molecule has 5 atom stereocenters. The summed E-state index contributed by atoms with van der Waals surface area (Å²) in [5.74, 6) is 0. The Hall–Kier alpha value is -0.240. The van der Waals surface area contributed by atoms with Crippen LogP contribution in [0.15, 0.2) is 0 Å². The van der Waals surface area contributed by atoms with Crippen molar-refractivity contribution >= 4 is 0 Å². The van der Waals surface area contributed by atoms with Gasteiger partial charge in [-0.1, -0.05) is 71.1 Å². The lowest BCUT2D eigenvalue weighted by atomic mass is 9.96. The fourth-order valence-corrected chi connectivity index (χ4v) is 2.78. The van der Waals surface area contributed by atoms with E-state index in [2.05, 4.69) is 6.92 Å². The first-order chi connectivity index (χ1) is 11.5. The van der Waals surface area contributed by atoms with E-state index >= 15 is 0 Å². The molecule has 24 heavy (non-hydrogen) atoms. The van der Waals surface area contributed by atoms with E-state index in [0.29, 0.717) is 6.42 Å². The highest BCUT2D eigenvalue weighted by Gasteiger charge is 2.33. The molecule has 0 heterocycles. The Labute approximate surface area is 146 Å². The highest BCUT2D eigenvalue weighted by Crippen LogP contribution is 2.15. The monoisotopic (exact) mass is 350 g/mol. The van der Waals surface area contributed by atoms with Gasteiger partial charge in [0.05, 0.1) is 12.7 Å². The van der Waals surface area contributed by atoms with Crippen molar-refractivity contribution < 1.29 is 30.6 Å². The average molecular weight is 350 g/mol. The molecule has 0 saturated heterocycles. The molecule has 0 radical (unpaired) electrons. The predicted molar refractivity (Wildman–Crippen MR) is 93.6 cm³/mol. The maximum atomic E-state index is 9.85. The first-order valence-corrected chi connectivity index (χ1v) is 9.46. The molecular formula is C18H38O6. The highest BCUT2D eigenvalue weighted by molar-refractivity contribution is 4.84. The van der Waals surface area contributed by atoms with Crippen LogP contribution >= 0.6 is 0 Å². The van der Waals surface area contributed by atoms with Gasteiger partial charge in [0.1, 0.15) is 24.4 Å². The molecule has 0 aliphatic heterocycles. The topological polar surface area (TPSA) is 121 Å². The van der Waals surface area contributed by atoms with Crippen LogP contribution in [0, 0.1) is 0 Å². The van der Waals surface area contributed by atoms with Gasteiger partial charge in [-0.05, 0) is 6.42 Å². The van der Waals surface area contributed by atoms with E-state index in [1.54, 1.807) is 0 Å². The fraction of sp³-hybridized carbons (Fsp3) is 1.00. The van der Waals surface area contributed by atoms with Gasteiger partial charge in [0.25, 0.3) is 0 Å². The van der Waals surface area contributed by atoms with E-state index in [-0.39, 0.29) is 0 Å². The summed E-state index contributed by atoms with van der Waals surface area (Å²) in [5.41, 5.74) is 0. The van der Waals surface area contributed by atoms with Gasteiger partial charge >= 0.3 is 0 Å². The van der Waals surface area contributed by atoms with Crippen molar-refractivity contribution in [3.05, 3.63) is 0 Å². The van der Waals surface area contributed by atoms with Crippen LogP contribution in [0.5, 0.6) is 0 Å². The molecule has 0 aliphatic rings. The molecule has 0 fully saturated rings. The number of rotatable bonds is 16. The van der Waals surface area contributed by atoms with Crippen LogP contribution in [0.4, 0.5) is 0 Å².